The minimum atomic E-state index is -2.95. The zero-order chi connectivity index (χ0) is 19.6. The number of hydrogen-bond donors (Lipinski definition) is 2. The average Bonchev–Trinajstić information content (AvgIpc) is 3.00. The Labute approximate surface area is 158 Å². The van der Waals surface area contributed by atoms with E-state index in [9.17, 15) is 23.5 Å². The number of carbonyl (C=O) groups is 2. The van der Waals surface area contributed by atoms with Gasteiger partial charge in [0.05, 0.1) is 11.6 Å². The summed E-state index contributed by atoms with van der Waals surface area (Å²) >= 11 is 0. The molecule has 1 saturated carbocycles. The molecule has 2 aliphatic heterocycles. The van der Waals surface area contributed by atoms with Crippen molar-refractivity contribution in [3.8, 4) is 5.75 Å². The van der Waals surface area contributed by atoms with Crippen LogP contribution in [0.3, 0.4) is 0 Å². The standard InChI is InChI=1S/C18H18F2N4O4/c19-17(20)28-9-1-2-11-10(7-9)14(22-21-11)15(25)23-5-6-24-12(16(26)27)8-18(24)4-3-13(18)23/h1-2,7,12-13,17H,3-6,8H2,(H,21,22)(H,26,27). The molecule has 1 spiro atoms. The van der Waals surface area contributed by atoms with Gasteiger partial charge in [0.15, 0.2) is 5.69 Å². The number of carboxylic acid groups (broad SMARTS) is 1. The molecule has 1 aromatic carbocycles. The van der Waals surface area contributed by atoms with Crippen LogP contribution >= 0.6 is 0 Å². The number of benzene rings is 1. The van der Waals surface area contributed by atoms with Crippen molar-refractivity contribution < 1.29 is 28.2 Å². The molecule has 1 aromatic heterocycles. The lowest BCUT2D eigenvalue weighted by Crippen LogP contribution is -2.83. The third kappa shape index (κ3) is 2.27. The van der Waals surface area contributed by atoms with E-state index in [1.54, 1.807) is 11.0 Å². The van der Waals surface area contributed by atoms with E-state index in [1.165, 1.54) is 12.1 Å². The van der Waals surface area contributed by atoms with E-state index in [1.807, 2.05) is 4.90 Å². The van der Waals surface area contributed by atoms with Crippen LogP contribution in [0.2, 0.25) is 0 Å². The molecule has 5 rings (SSSR count). The Morgan fingerprint density at radius 1 is 1.36 bits per heavy atom. The van der Waals surface area contributed by atoms with Crippen molar-refractivity contribution in [1.29, 1.82) is 0 Å². The zero-order valence-electron chi connectivity index (χ0n) is 14.8. The van der Waals surface area contributed by atoms with Crippen molar-refractivity contribution in [2.24, 2.45) is 0 Å². The fraction of sp³-hybridized carbons (Fsp3) is 0.500. The second kappa shape index (κ2) is 5.87. The summed E-state index contributed by atoms with van der Waals surface area (Å²) in [6, 6.07) is 3.80. The summed E-state index contributed by atoms with van der Waals surface area (Å²) < 4.78 is 29.4. The molecule has 2 saturated heterocycles. The normalized spacial score (nSPS) is 29.0. The van der Waals surface area contributed by atoms with Crippen LogP contribution in [0.25, 0.3) is 10.9 Å². The number of carboxylic acids is 1. The van der Waals surface area contributed by atoms with Crippen LogP contribution in [0.15, 0.2) is 18.2 Å². The number of nitrogens with zero attached hydrogens (tertiary/aromatic N) is 3. The smallest absolute Gasteiger partial charge is 0.387 e. The highest BCUT2D eigenvalue weighted by molar-refractivity contribution is 6.05. The molecule has 3 unspecified atom stereocenters. The number of aromatic nitrogens is 2. The molecule has 2 N–H and O–H groups in total. The number of H-pyrrole nitrogens is 1. The number of fused-ring (bicyclic) bond motifs is 1. The molecule has 0 radical (unpaired) electrons. The lowest BCUT2D eigenvalue weighted by Gasteiger charge is -2.70. The predicted octanol–water partition coefficient (Wildman–Crippen LogP) is 1.68. The van der Waals surface area contributed by atoms with E-state index in [-0.39, 0.29) is 28.9 Å². The Morgan fingerprint density at radius 3 is 2.86 bits per heavy atom. The van der Waals surface area contributed by atoms with Gasteiger partial charge in [-0.05, 0) is 37.5 Å². The van der Waals surface area contributed by atoms with Gasteiger partial charge in [0.1, 0.15) is 11.8 Å². The summed E-state index contributed by atoms with van der Waals surface area (Å²) in [5.74, 6) is -1.13. The Balaban J connectivity index is 1.42. The van der Waals surface area contributed by atoms with Gasteiger partial charge in [-0.3, -0.25) is 19.6 Å². The number of alkyl halides is 2. The van der Waals surface area contributed by atoms with Crippen LogP contribution in [0, 0.1) is 0 Å². The summed E-state index contributed by atoms with van der Waals surface area (Å²) in [5.41, 5.74) is 0.480. The number of carbonyl (C=O) groups excluding carboxylic acids is 1. The van der Waals surface area contributed by atoms with Gasteiger partial charge in [0.25, 0.3) is 5.91 Å². The second-order valence-electron chi connectivity index (χ2n) is 7.57. The first kappa shape index (κ1) is 17.4. The molecule has 3 heterocycles. The molecule has 148 valence electrons. The molecule has 10 heteroatoms. The Bertz CT molecular complexity index is 980. The number of rotatable bonds is 4. The lowest BCUT2D eigenvalue weighted by molar-refractivity contribution is -0.207. The van der Waals surface area contributed by atoms with Crippen LogP contribution in [0.4, 0.5) is 8.78 Å². The molecule has 1 aliphatic carbocycles. The first-order valence-electron chi connectivity index (χ1n) is 9.14. The van der Waals surface area contributed by atoms with Gasteiger partial charge in [-0.25, -0.2) is 0 Å². The van der Waals surface area contributed by atoms with Gasteiger partial charge in [-0.15, -0.1) is 0 Å². The largest absolute Gasteiger partial charge is 0.480 e. The Kier molecular flexibility index (Phi) is 3.64. The van der Waals surface area contributed by atoms with Crippen LogP contribution in [0.1, 0.15) is 29.8 Å². The van der Waals surface area contributed by atoms with Crippen LogP contribution in [-0.2, 0) is 4.79 Å². The number of aliphatic carboxylic acids is 1. The number of hydrogen-bond acceptors (Lipinski definition) is 5. The van der Waals surface area contributed by atoms with E-state index in [2.05, 4.69) is 14.9 Å². The number of aromatic amines is 1. The molecule has 1 amide bonds. The fourth-order valence-corrected chi connectivity index (χ4v) is 5.07. The number of halogens is 2. The minimum Gasteiger partial charge on any atom is -0.480 e. The topological polar surface area (TPSA) is 98.8 Å². The van der Waals surface area contributed by atoms with E-state index < -0.39 is 18.6 Å². The molecule has 3 atom stereocenters. The van der Waals surface area contributed by atoms with Gasteiger partial charge in [0.2, 0.25) is 0 Å². The first-order chi connectivity index (χ1) is 13.4. The number of nitrogens with one attached hydrogen (secondary N) is 1. The van der Waals surface area contributed by atoms with Crippen molar-refractivity contribution >= 4 is 22.8 Å². The molecule has 8 nitrogen and oxygen atoms in total. The molecule has 3 aliphatic rings. The van der Waals surface area contributed by atoms with Crippen molar-refractivity contribution in [3.05, 3.63) is 23.9 Å². The van der Waals surface area contributed by atoms with Gasteiger partial charge in [-0.2, -0.15) is 13.9 Å². The summed E-state index contributed by atoms with van der Waals surface area (Å²) in [5, 5.41) is 16.6. The molecule has 0 bridgehead atoms. The SMILES string of the molecule is O=C(O)C1CC23CCC2N(C(=O)c2n[nH]c4ccc(OC(F)F)cc24)CCN13. The maximum Gasteiger partial charge on any atom is 0.387 e. The fourth-order valence-electron chi connectivity index (χ4n) is 5.07. The summed E-state index contributed by atoms with van der Waals surface area (Å²) in [6.07, 6.45) is 2.24. The van der Waals surface area contributed by atoms with E-state index in [4.69, 9.17) is 0 Å². The summed E-state index contributed by atoms with van der Waals surface area (Å²) in [4.78, 5) is 28.3. The van der Waals surface area contributed by atoms with Gasteiger partial charge < -0.3 is 14.7 Å². The van der Waals surface area contributed by atoms with E-state index >= 15 is 0 Å². The third-order valence-electron chi connectivity index (χ3n) is 6.43. The zero-order valence-corrected chi connectivity index (χ0v) is 14.8. The predicted molar refractivity (Wildman–Crippen MR) is 92.3 cm³/mol. The summed E-state index contributed by atoms with van der Waals surface area (Å²) in [7, 11) is 0. The molecule has 2 aromatic rings. The maximum absolute atomic E-state index is 13.2. The molecule has 28 heavy (non-hydrogen) atoms. The third-order valence-corrected chi connectivity index (χ3v) is 6.43. The second-order valence-corrected chi connectivity index (χ2v) is 7.57. The number of ether oxygens (including phenoxy) is 1. The minimum absolute atomic E-state index is 0.0359. The van der Waals surface area contributed by atoms with Gasteiger partial charge in [-0.1, -0.05) is 0 Å². The van der Waals surface area contributed by atoms with E-state index in [0.717, 1.165) is 12.8 Å². The van der Waals surface area contributed by atoms with Crippen molar-refractivity contribution in [1.82, 2.24) is 20.0 Å². The van der Waals surface area contributed by atoms with Crippen LogP contribution in [0.5, 0.6) is 5.75 Å². The van der Waals surface area contributed by atoms with Crippen LogP contribution < -0.4 is 4.74 Å². The molecule has 3 fully saturated rings. The van der Waals surface area contributed by atoms with Gasteiger partial charge in [0, 0.05) is 24.0 Å². The Hall–Kier alpha value is -2.75. The van der Waals surface area contributed by atoms with Gasteiger partial charge >= 0.3 is 12.6 Å². The Morgan fingerprint density at radius 2 is 2.18 bits per heavy atom. The lowest BCUT2D eigenvalue weighted by atomic mass is 9.59. The monoisotopic (exact) mass is 392 g/mol. The first-order valence-corrected chi connectivity index (χ1v) is 9.14. The maximum atomic E-state index is 13.2. The quantitative estimate of drug-likeness (QED) is 0.822. The number of amides is 1. The highest BCUT2D eigenvalue weighted by Gasteiger charge is 2.66. The van der Waals surface area contributed by atoms with Crippen molar-refractivity contribution in [2.75, 3.05) is 13.1 Å². The summed E-state index contributed by atoms with van der Waals surface area (Å²) in [6.45, 7) is -2.04. The molecular weight excluding hydrogens is 374 g/mol. The highest BCUT2D eigenvalue weighted by atomic mass is 19.3. The number of piperazine rings is 1. The highest BCUT2D eigenvalue weighted by Crippen LogP contribution is 2.54. The molecular formula is C18H18F2N4O4. The van der Waals surface area contributed by atoms with Crippen molar-refractivity contribution in [3.63, 3.8) is 0 Å². The van der Waals surface area contributed by atoms with Crippen LogP contribution in [-0.4, -0.2) is 74.3 Å². The van der Waals surface area contributed by atoms with E-state index in [0.29, 0.717) is 30.4 Å². The average molecular weight is 392 g/mol. The van der Waals surface area contributed by atoms with Crippen molar-refractivity contribution in [2.45, 2.75) is 43.5 Å².